The van der Waals surface area contributed by atoms with Crippen molar-refractivity contribution >= 4 is 21.7 Å². The maximum absolute atomic E-state index is 13.6. The molecule has 0 aliphatic carbocycles. The molecule has 0 heterocycles. The van der Waals surface area contributed by atoms with Gasteiger partial charge < -0.3 is 0 Å². The van der Waals surface area contributed by atoms with Gasteiger partial charge in [-0.05, 0) is 36.4 Å². The van der Waals surface area contributed by atoms with Crippen molar-refractivity contribution < 1.29 is 26.7 Å². The Kier molecular flexibility index (Phi) is 4.13. The van der Waals surface area contributed by atoms with Gasteiger partial charge in [-0.25, -0.2) is 8.78 Å². The average molecular weight is 365 g/mol. The van der Waals surface area contributed by atoms with E-state index in [9.17, 15) is 26.7 Å². The quantitative estimate of drug-likeness (QED) is 0.542. The van der Waals surface area contributed by atoms with Gasteiger partial charge in [-0.3, -0.25) is 4.79 Å². The molecule has 1 nitrogen and oxygen atoms in total. The van der Waals surface area contributed by atoms with Gasteiger partial charge in [-0.1, -0.05) is 15.9 Å². The summed E-state index contributed by atoms with van der Waals surface area (Å²) in [6, 6.07) is 4.77. The third-order valence-corrected chi connectivity index (χ3v) is 3.20. The van der Waals surface area contributed by atoms with Crippen LogP contribution < -0.4 is 0 Å². The summed E-state index contributed by atoms with van der Waals surface area (Å²) in [6.07, 6.45) is -4.85. The summed E-state index contributed by atoms with van der Waals surface area (Å²) in [5, 5.41) is 0. The van der Waals surface area contributed by atoms with Gasteiger partial charge in [0.1, 0.15) is 11.6 Å². The Bertz CT molecular complexity index is 709. The normalized spacial score (nSPS) is 11.5. The molecule has 7 heteroatoms. The van der Waals surface area contributed by atoms with Crippen molar-refractivity contribution in [2.45, 2.75) is 6.18 Å². The van der Waals surface area contributed by atoms with E-state index in [1.165, 1.54) is 6.07 Å². The van der Waals surface area contributed by atoms with Gasteiger partial charge in [-0.2, -0.15) is 13.2 Å². The lowest BCUT2D eigenvalue weighted by Gasteiger charge is -2.12. The summed E-state index contributed by atoms with van der Waals surface area (Å²) in [7, 11) is 0. The van der Waals surface area contributed by atoms with Gasteiger partial charge in [0.05, 0.1) is 11.1 Å². The lowest BCUT2D eigenvalue weighted by molar-refractivity contribution is -0.137. The van der Waals surface area contributed by atoms with Crippen molar-refractivity contribution in [3.05, 3.63) is 69.2 Å². The molecule has 110 valence electrons. The highest BCUT2D eigenvalue weighted by molar-refractivity contribution is 9.10. The SMILES string of the molecule is O=C(c1cc(Br)ccc1F)c1cc(F)ccc1C(F)(F)F. The van der Waals surface area contributed by atoms with E-state index >= 15 is 0 Å². The van der Waals surface area contributed by atoms with Crippen LogP contribution in [0.15, 0.2) is 40.9 Å². The second-order valence-corrected chi connectivity index (χ2v) is 5.06. The molecule has 0 saturated heterocycles. The minimum absolute atomic E-state index is 0.317. The summed E-state index contributed by atoms with van der Waals surface area (Å²) in [5.74, 6) is -3.23. The number of hydrogen-bond acceptors (Lipinski definition) is 1. The maximum atomic E-state index is 13.6. The van der Waals surface area contributed by atoms with Crippen LogP contribution in [0, 0.1) is 11.6 Å². The Balaban J connectivity index is 2.63. The number of alkyl halides is 3. The number of ketones is 1. The Hall–Kier alpha value is -1.76. The van der Waals surface area contributed by atoms with E-state index in [4.69, 9.17) is 0 Å². The number of rotatable bonds is 2. The molecule has 0 atom stereocenters. The molecule has 0 saturated carbocycles. The minimum atomic E-state index is -4.85. The standard InChI is InChI=1S/C14H6BrF5O/c15-7-1-4-12(17)10(5-7)13(21)9-6-8(16)2-3-11(9)14(18,19)20/h1-6H. The first-order valence-corrected chi connectivity index (χ1v) is 6.36. The van der Waals surface area contributed by atoms with Crippen molar-refractivity contribution in [1.82, 2.24) is 0 Å². The smallest absolute Gasteiger partial charge is 0.288 e. The van der Waals surface area contributed by atoms with Crippen LogP contribution in [0.4, 0.5) is 22.0 Å². The van der Waals surface area contributed by atoms with Crippen molar-refractivity contribution in [2.24, 2.45) is 0 Å². The maximum Gasteiger partial charge on any atom is 0.417 e. The highest BCUT2D eigenvalue weighted by Crippen LogP contribution is 2.34. The number of carbonyl (C=O) groups is 1. The zero-order valence-corrected chi connectivity index (χ0v) is 11.7. The third kappa shape index (κ3) is 3.29. The van der Waals surface area contributed by atoms with Gasteiger partial charge >= 0.3 is 6.18 Å². The van der Waals surface area contributed by atoms with Crippen LogP contribution in [-0.4, -0.2) is 5.78 Å². The molecule has 0 fully saturated rings. The molecule has 2 rings (SSSR count). The molecule has 2 aromatic carbocycles. The van der Waals surface area contributed by atoms with Crippen LogP contribution in [-0.2, 0) is 6.18 Å². The molecule has 0 radical (unpaired) electrons. The van der Waals surface area contributed by atoms with Crippen LogP contribution in [0.2, 0.25) is 0 Å². The first kappa shape index (κ1) is 15.6. The molecular weight excluding hydrogens is 359 g/mol. The number of halogens is 6. The highest BCUT2D eigenvalue weighted by Gasteiger charge is 2.36. The van der Waals surface area contributed by atoms with Crippen LogP contribution in [0.25, 0.3) is 0 Å². The van der Waals surface area contributed by atoms with Crippen molar-refractivity contribution in [3.8, 4) is 0 Å². The van der Waals surface area contributed by atoms with E-state index in [2.05, 4.69) is 15.9 Å². The monoisotopic (exact) mass is 364 g/mol. The van der Waals surface area contributed by atoms with Gasteiger partial charge in [-0.15, -0.1) is 0 Å². The predicted octanol–water partition coefficient (Wildman–Crippen LogP) is 4.98. The topological polar surface area (TPSA) is 17.1 Å². The van der Waals surface area contributed by atoms with Gasteiger partial charge in [0, 0.05) is 10.0 Å². The number of benzene rings is 2. The zero-order chi connectivity index (χ0) is 15.8. The Morgan fingerprint density at radius 3 is 2.24 bits per heavy atom. The summed E-state index contributed by atoms with van der Waals surface area (Å²) in [4.78, 5) is 12.1. The first-order chi connectivity index (χ1) is 9.70. The second-order valence-electron chi connectivity index (χ2n) is 4.14. The lowest BCUT2D eigenvalue weighted by atomic mass is 9.97. The van der Waals surface area contributed by atoms with E-state index in [1.54, 1.807) is 0 Å². The summed E-state index contributed by atoms with van der Waals surface area (Å²) in [5.41, 5.74) is -2.81. The van der Waals surface area contributed by atoms with Crippen LogP contribution in [0.3, 0.4) is 0 Å². The summed E-state index contributed by atoms with van der Waals surface area (Å²) >= 11 is 2.99. The van der Waals surface area contributed by atoms with Crippen LogP contribution in [0.1, 0.15) is 21.5 Å². The highest BCUT2D eigenvalue weighted by atomic mass is 79.9. The molecule has 0 aromatic heterocycles. The fourth-order valence-electron chi connectivity index (χ4n) is 1.77. The molecule has 0 bridgehead atoms. The molecule has 2 aromatic rings. The van der Waals surface area contributed by atoms with Crippen LogP contribution in [0.5, 0.6) is 0 Å². The molecule has 21 heavy (non-hydrogen) atoms. The summed E-state index contributed by atoms with van der Waals surface area (Å²) in [6.45, 7) is 0. The molecule has 0 aliphatic rings. The molecule has 0 spiro atoms. The Morgan fingerprint density at radius 1 is 0.952 bits per heavy atom. The molecule has 0 N–H and O–H groups in total. The van der Waals surface area contributed by atoms with E-state index in [1.807, 2.05) is 0 Å². The van der Waals surface area contributed by atoms with E-state index in [0.29, 0.717) is 22.7 Å². The van der Waals surface area contributed by atoms with Crippen molar-refractivity contribution in [2.75, 3.05) is 0 Å². The second kappa shape index (κ2) is 5.55. The van der Waals surface area contributed by atoms with Crippen molar-refractivity contribution in [1.29, 1.82) is 0 Å². The summed E-state index contributed by atoms with van der Waals surface area (Å²) < 4.78 is 65.7. The molecule has 0 aliphatic heterocycles. The van der Waals surface area contributed by atoms with E-state index < -0.39 is 40.3 Å². The fourth-order valence-corrected chi connectivity index (χ4v) is 2.13. The van der Waals surface area contributed by atoms with Crippen molar-refractivity contribution in [3.63, 3.8) is 0 Å². The van der Waals surface area contributed by atoms with Gasteiger partial charge in [0.2, 0.25) is 0 Å². The average Bonchev–Trinajstić information content (AvgIpc) is 2.39. The molecular formula is C14H6BrF5O. The largest absolute Gasteiger partial charge is 0.417 e. The first-order valence-electron chi connectivity index (χ1n) is 5.56. The fraction of sp³-hybridized carbons (Fsp3) is 0.0714. The Morgan fingerprint density at radius 2 is 1.62 bits per heavy atom. The Labute approximate surface area is 124 Å². The number of carbonyl (C=O) groups excluding carboxylic acids is 1. The number of hydrogen-bond donors (Lipinski definition) is 0. The zero-order valence-electron chi connectivity index (χ0n) is 10.1. The van der Waals surface area contributed by atoms with Gasteiger partial charge in [0.25, 0.3) is 0 Å². The van der Waals surface area contributed by atoms with Gasteiger partial charge in [0.15, 0.2) is 5.78 Å². The molecule has 0 amide bonds. The predicted molar refractivity (Wildman–Crippen MR) is 68.9 cm³/mol. The molecule has 0 unspecified atom stereocenters. The lowest BCUT2D eigenvalue weighted by Crippen LogP contribution is -2.15. The minimum Gasteiger partial charge on any atom is -0.288 e. The van der Waals surface area contributed by atoms with E-state index in [0.717, 1.165) is 12.1 Å². The third-order valence-electron chi connectivity index (χ3n) is 2.70. The van der Waals surface area contributed by atoms with E-state index in [-0.39, 0.29) is 0 Å². The van der Waals surface area contributed by atoms with Crippen LogP contribution >= 0.6 is 15.9 Å².